The van der Waals surface area contributed by atoms with Crippen molar-refractivity contribution in [2.75, 3.05) is 4.90 Å². The molecule has 10 aromatic rings. The number of rotatable bonds is 4. The molecule has 0 amide bonds. The highest BCUT2D eigenvalue weighted by molar-refractivity contribution is 6.19. The van der Waals surface area contributed by atoms with Crippen molar-refractivity contribution in [1.29, 1.82) is 0 Å². The first-order valence-electron chi connectivity index (χ1n) is 15.9. The molecule has 3 nitrogen and oxygen atoms in total. The molecule has 3 heteroatoms. The second-order valence-electron chi connectivity index (χ2n) is 12.1. The predicted octanol–water partition coefficient (Wildman–Crippen LogP) is 12.9. The fraction of sp³-hybridized carbons (Fsp3) is 0. The molecular weight excluding hydrogens is 574 g/mol. The highest BCUT2D eigenvalue weighted by Gasteiger charge is 2.18. The Balaban J connectivity index is 1.19. The van der Waals surface area contributed by atoms with E-state index in [1.165, 1.54) is 21.9 Å². The summed E-state index contributed by atoms with van der Waals surface area (Å²) in [6, 6.07) is 57.8. The standard InChI is InChI=1S/C44H27NO2/c1-2-8-28(9-3-1)29-14-19-32(20-15-29)45(33-21-16-31-17-23-37-36-12-6-7-13-40(36)47-44(37)39(31)26-33)34-22-24-38-42(27-34)46-41-25-18-30-10-4-5-11-35(30)43(38)41/h1-27H. The van der Waals surface area contributed by atoms with Gasteiger partial charge in [0, 0.05) is 50.1 Å². The SMILES string of the molecule is c1ccc(-c2ccc(N(c3ccc4c(c3)oc3ccc5ccccc5c34)c3ccc4ccc5c6ccccc6oc5c4c3)cc2)cc1. The number of anilines is 3. The van der Waals surface area contributed by atoms with Crippen LogP contribution in [0.3, 0.4) is 0 Å². The lowest BCUT2D eigenvalue weighted by Gasteiger charge is -2.26. The van der Waals surface area contributed by atoms with Gasteiger partial charge in [0.1, 0.15) is 22.3 Å². The number of para-hydroxylation sites is 1. The third-order valence-corrected chi connectivity index (χ3v) is 9.44. The van der Waals surface area contributed by atoms with E-state index >= 15 is 0 Å². The third-order valence-electron chi connectivity index (χ3n) is 9.44. The maximum atomic E-state index is 6.52. The summed E-state index contributed by atoms with van der Waals surface area (Å²) in [5.41, 5.74) is 9.05. The predicted molar refractivity (Wildman–Crippen MR) is 196 cm³/mol. The van der Waals surface area contributed by atoms with Gasteiger partial charge in [-0.05, 0) is 81.9 Å². The van der Waals surface area contributed by atoms with Gasteiger partial charge in [0.25, 0.3) is 0 Å². The van der Waals surface area contributed by atoms with Gasteiger partial charge in [-0.1, -0.05) is 103 Å². The summed E-state index contributed by atoms with van der Waals surface area (Å²) < 4.78 is 13.0. The third kappa shape index (κ3) is 4.07. The molecule has 0 N–H and O–H groups in total. The van der Waals surface area contributed by atoms with Gasteiger partial charge in [-0.3, -0.25) is 0 Å². The van der Waals surface area contributed by atoms with Gasteiger partial charge in [-0.15, -0.1) is 0 Å². The molecule has 0 saturated carbocycles. The number of benzene rings is 8. The van der Waals surface area contributed by atoms with Gasteiger partial charge < -0.3 is 13.7 Å². The van der Waals surface area contributed by atoms with Gasteiger partial charge in [0.05, 0.1) is 0 Å². The Morgan fingerprint density at radius 2 is 0.979 bits per heavy atom. The van der Waals surface area contributed by atoms with Crippen LogP contribution in [0.2, 0.25) is 0 Å². The Labute approximate surface area is 270 Å². The largest absolute Gasteiger partial charge is 0.456 e. The molecule has 0 spiro atoms. The van der Waals surface area contributed by atoms with E-state index in [1.807, 2.05) is 12.1 Å². The van der Waals surface area contributed by atoms with Gasteiger partial charge in [-0.25, -0.2) is 0 Å². The lowest BCUT2D eigenvalue weighted by molar-refractivity contribution is 0.669. The molecule has 0 bridgehead atoms. The van der Waals surface area contributed by atoms with Crippen molar-refractivity contribution in [3.05, 3.63) is 164 Å². The molecule has 0 aliphatic carbocycles. The molecule has 0 aliphatic heterocycles. The normalized spacial score (nSPS) is 11.8. The number of furan rings is 2. The van der Waals surface area contributed by atoms with Crippen LogP contribution in [0.1, 0.15) is 0 Å². The second-order valence-corrected chi connectivity index (χ2v) is 12.1. The molecule has 10 rings (SSSR count). The number of hydrogen-bond acceptors (Lipinski definition) is 3. The smallest absolute Gasteiger partial charge is 0.143 e. The van der Waals surface area contributed by atoms with E-state index < -0.39 is 0 Å². The average Bonchev–Trinajstić information content (AvgIpc) is 3.71. The molecule has 0 unspecified atom stereocenters. The zero-order valence-electron chi connectivity index (χ0n) is 25.4. The Morgan fingerprint density at radius 3 is 1.87 bits per heavy atom. The van der Waals surface area contributed by atoms with Crippen LogP contribution >= 0.6 is 0 Å². The summed E-state index contributed by atoms with van der Waals surface area (Å²) in [6.07, 6.45) is 0. The minimum atomic E-state index is 0.861. The molecule has 8 aromatic carbocycles. The summed E-state index contributed by atoms with van der Waals surface area (Å²) in [7, 11) is 0. The zero-order chi connectivity index (χ0) is 30.9. The maximum absolute atomic E-state index is 6.52. The van der Waals surface area contributed by atoms with E-state index in [0.29, 0.717) is 0 Å². The van der Waals surface area contributed by atoms with Crippen molar-refractivity contribution in [1.82, 2.24) is 0 Å². The van der Waals surface area contributed by atoms with Gasteiger partial charge in [0.2, 0.25) is 0 Å². The minimum Gasteiger partial charge on any atom is -0.456 e. The second kappa shape index (κ2) is 10.1. The topological polar surface area (TPSA) is 29.5 Å². The molecule has 47 heavy (non-hydrogen) atoms. The van der Waals surface area contributed by atoms with E-state index in [1.54, 1.807) is 0 Å². The van der Waals surface area contributed by atoms with Crippen molar-refractivity contribution in [3.63, 3.8) is 0 Å². The Morgan fingerprint density at radius 1 is 0.340 bits per heavy atom. The lowest BCUT2D eigenvalue weighted by Crippen LogP contribution is -2.09. The monoisotopic (exact) mass is 601 g/mol. The van der Waals surface area contributed by atoms with Crippen LogP contribution in [0.4, 0.5) is 17.1 Å². The first-order chi connectivity index (χ1) is 23.3. The van der Waals surface area contributed by atoms with Crippen molar-refractivity contribution >= 4 is 82.5 Å². The van der Waals surface area contributed by atoms with E-state index in [0.717, 1.165) is 71.7 Å². The number of hydrogen-bond donors (Lipinski definition) is 0. The maximum Gasteiger partial charge on any atom is 0.143 e. The van der Waals surface area contributed by atoms with Crippen LogP contribution in [-0.4, -0.2) is 0 Å². The summed E-state index contributed by atoms with van der Waals surface area (Å²) in [5, 5.41) is 9.15. The summed E-state index contributed by atoms with van der Waals surface area (Å²) in [5.74, 6) is 0. The van der Waals surface area contributed by atoms with Crippen molar-refractivity contribution in [2.45, 2.75) is 0 Å². The molecule has 0 radical (unpaired) electrons. The highest BCUT2D eigenvalue weighted by atomic mass is 16.3. The Hall–Kier alpha value is -6.32. The molecule has 220 valence electrons. The average molecular weight is 602 g/mol. The molecule has 2 heterocycles. The highest BCUT2D eigenvalue weighted by Crippen LogP contribution is 2.43. The van der Waals surface area contributed by atoms with E-state index in [9.17, 15) is 0 Å². The molecule has 0 aliphatic rings. The Bertz CT molecular complexity index is 2790. The van der Waals surface area contributed by atoms with Crippen molar-refractivity contribution in [2.24, 2.45) is 0 Å². The summed E-state index contributed by atoms with van der Waals surface area (Å²) in [6.45, 7) is 0. The van der Waals surface area contributed by atoms with Crippen LogP contribution in [0.15, 0.2) is 173 Å². The summed E-state index contributed by atoms with van der Waals surface area (Å²) >= 11 is 0. The van der Waals surface area contributed by atoms with Crippen LogP contribution in [0.25, 0.3) is 76.5 Å². The van der Waals surface area contributed by atoms with Crippen molar-refractivity contribution < 1.29 is 8.83 Å². The van der Waals surface area contributed by atoms with Crippen LogP contribution < -0.4 is 4.90 Å². The molecular formula is C44H27NO2. The molecule has 2 aromatic heterocycles. The van der Waals surface area contributed by atoms with Crippen LogP contribution in [-0.2, 0) is 0 Å². The number of nitrogens with zero attached hydrogens (tertiary/aromatic N) is 1. The Kier molecular flexibility index (Phi) is 5.57. The minimum absolute atomic E-state index is 0.861. The van der Waals surface area contributed by atoms with Crippen LogP contribution in [0, 0.1) is 0 Å². The molecule has 0 atom stereocenters. The van der Waals surface area contributed by atoms with Gasteiger partial charge in [0.15, 0.2) is 0 Å². The van der Waals surface area contributed by atoms with Crippen LogP contribution in [0.5, 0.6) is 0 Å². The molecule has 0 saturated heterocycles. The first-order valence-corrected chi connectivity index (χ1v) is 15.9. The van der Waals surface area contributed by atoms with E-state index in [4.69, 9.17) is 8.83 Å². The first kappa shape index (κ1) is 26.0. The zero-order valence-corrected chi connectivity index (χ0v) is 25.4. The number of fused-ring (bicyclic) bond motifs is 10. The van der Waals surface area contributed by atoms with Gasteiger partial charge in [-0.2, -0.15) is 0 Å². The fourth-order valence-corrected chi connectivity index (χ4v) is 7.18. The lowest BCUT2D eigenvalue weighted by atomic mass is 10.0. The van der Waals surface area contributed by atoms with Gasteiger partial charge >= 0.3 is 0 Å². The fourth-order valence-electron chi connectivity index (χ4n) is 7.18. The van der Waals surface area contributed by atoms with E-state index in [-0.39, 0.29) is 0 Å². The quantitative estimate of drug-likeness (QED) is 0.201. The van der Waals surface area contributed by atoms with E-state index in [2.05, 4.69) is 157 Å². The van der Waals surface area contributed by atoms with Crippen molar-refractivity contribution in [3.8, 4) is 11.1 Å². The summed E-state index contributed by atoms with van der Waals surface area (Å²) in [4.78, 5) is 2.31. The molecule has 0 fully saturated rings.